The minimum absolute atomic E-state index is 0.00522. The van der Waals surface area contributed by atoms with Gasteiger partial charge in [0.1, 0.15) is 0 Å². The molecule has 0 aromatic heterocycles. The molecule has 0 aromatic carbocycles. The van der Waals surface area contributed by atoms with Crippen LogP contribution in [0.25, 0.3) is 0 Å². The van der Waals surface area contributed by atoms with Crippen molar-refractivity contribution in [3.8, 4) is 0 Å². The van der Waals surface area contributed by atoms with Gasteiger partial charge in [-0.2, -0.15) is 0 Å². The molecule has 8 rings (SSSR count). The summed E-state index contributed by atoms with van der Waals surface area (Å²) >= 11 is 0. The van der Waals surface area contributed by atoms with Crippen molar-refractivity contribution in [2.75, 3.05) is 0 Å². The molecule has 0 aromatic rings. The number of nitrogens with zero attached hydrogens (tertiary/aromatic N) is 1. The van der Waals surface area contributed by atoms with Gasteiger partial charge in [-0.25, -0.2) is 0 Å². The average molecular weight is 418 g/mol. The number of ether oxygens (including phenoxy) is 3. The van der Waals surface area contributed by atoms with E-state index in [2.05, 4.69) is 4.90 Å². The van der Waals surface area contributed by atoms with Gasteiger partial charge in [0.25, 0.3) is 0 Å². The third-order valence-electron chi connectivity index (χ3n) is 10.2. The van der Waals surface area contributed by atoms with Crippen molar-refractivity contribution >= 4 is 7.92 Å². The Hall–Kier alpha value is 0.270. The number of hydrogen-bond acceptors (Lipinski definition) is 4. The van der Waals surface area contributed by atoms with Crippen molar-refractivity contribution in [1.29, 1.82) is 0 Å². The monoisotopic (exact) mass is 417 g/mol. The van der Waals surface area contributed by atoms with Crippen molar-refractivity contribution in [2.45, 2.75) is 149 Å². The molecule has 13 atom stereocenters. The highest BCUT2D eigenvalue weighted by Crippen LogP contribution is 2.72. The molecule has 0 N–H and O–H groups in total. The molecule has 29 heavy (non-hydrogen) atoms. The first-order valence-electron chi connectivity index (χ1n) is 12.9. The van der Waals surface area contributed by atoms with Crippen LogP contribution in [-0.4, -0.2) is 76.6 Å². The molecule has 0 amide bonds. The molecule has 13 unspecified atom stereocenters. The van der Waals surface area contributed by atoms with E-state index in [1.807, 2.05) is 0 Å². The smallest absolute Gasteiger partial charge is 0.0743 e. The lowest BCUT2D eigenvalue weighted by atomic mass is 9.77. The number of morpholine rings is 1. The molecule has 4 aliphatic heterocycles. The van der Waals surface area contributed by atoms with Crippen LogP contribution in [-0.2, 0) is 14.2 Å². The Morgan fingerprint density at radius 2 is 1.07 bits per heavy atom. The topological polar surface area (TPSA) is 30.9 Å². The molecule has 4 saturated carbocycles. The molecule has 4 aliphatic carbocycles. The Bertz CT molecular complexity index is 685. The van der Waals surface area contributed by atoms with Crippen molar-refractivity contribution in [2.24, 2.45) is 0 Å². The minimum atomic E-state index is -0.00522. The zero-order chi connectivity index (χ0) is 18.7. The van der Waals surface area contributed by atoms with Crippen LogP contribution in [0.3, 0.4) is 0 Å². The van der Waals surface area contributed by atoms with Crippen LogP contribution in [0.15, 0.2) is 0 Å². The van der Waals surface area contributed by atoms with E-state index in [0.29, 0.717) is 48.7 Å². The van der Waals surface area contributed by atoms with Gasteiger partial charge in [0.05, 0.1) is 36.6 Å². The lowest BCUT2D eigenvalue weighted by molar-refractivity contribution is -0.225. The predicted molar refractivity (Wildman–Crippen MR) is 113 cm³/mol. The third kappa shape index (κ3) is 2.29. The van der Waals surface area contributed by atoms with Gasteiger partial charge in [-0.15, -0.1) is 0 Å². The highest BCUT2D eigenvalue weighted by Gasteiger charge is 2.68. The molecule has 4 saturated heterocycles. The van der Waals surface area contributed by atoms with Gasteiger partial charge in [0.2, 0.25) is 0 Å². The quantitative estimate of drug-likeness (QED) is 0.557. The Labute approximate surface area is 176 Å². The van der Waals surface area contributed by atoms with E-state index in [4.69, 9.17) is 14.2 Å². The summed E-state index contributed by atoms with van der Waals surface area (Å²) in [5, 5.41) is 0. The Morgan fingerprint density at radius 3 is 1.93 bits per heavy atom. The summed E-state index contributed by atoms with van der Waals surface area (Å²) in [6, 6.07) is 2.14. The molecular formula is C24H36NO3P. The summed E-state index contributed by atoms with van der Waals surface area (Å²) in [5.74, 6) is 0. The molecule has 0 spiro atoms. The van der Waals surface area contributed by atoms with Crippen molar-refractivity contribution < 1.29 is 14.2 Å². The summed E-state index contributed by atoms with van der Waals surface area (Å²) in [6.07, 6.45) is 19.1. The first kappa shape index (κ1) is 17.8. The Kier molecular flexibility index (Phi) is 3.93. The lowest BCUT2D eigenvalue weighted by Gasteiger charge is -2.72. The van der Waals surface area contributed by atoms with Crippen LogP contribution in [0, 0.1) is 0 Å². The van der Waals surface area contributed by atoms with Crippen LogP contribution < -0.4 is 0 Å². The second-order valence-electron chi connectivity index (χ2n) is 11.4. The van der Waals surface area contributed by atoms with Crippen molar-refractivity contribution in [3.05, 3.63) is 0 Å². The summed E-state index contributed by atoms with van der Waals surface area (Å²) in [7, 11) is -0.00522. The van der Waals surface area contributed by atoms with Gasteiger partial charge < -0.3 is 14.2 Å². The average Bonchev–Trinajstić information content (AvgIpc) is 2.77. The van der Waals surface area contributed by atoms with E-state index in [-0.39, 0.29) is 7.92 Å². The molecule has 0 radical (unpaired) electrons. The molecule has 8 aliphatic rings. The van der Waals surface area contributed by atoms with Crippen LogP contribution in [0.5, 0.6) is 0 Å². The molecule has 4 nitrogen and oxygen atoms in total. The fourth-order valence-corrected chi connectivity index (χ4v) is 14.4. The zero-order valence-corrected chi connectivity index (χ0v) is 18.4. The van der Waals surface area contributed by atoms with Gasteiger partial charge in [-0.1, -0.05) is 20.8 Å². The molecule has 4 heterocycles. The number of rotatable bonds is 0. The maximum atomic E-state index is 6.96. The highest BCUT2D eigenvalue weighted by atomic mass is 31.1. The number of hydrogen-bond donors (Lipinski definition) is 0. The van der Waals surface area contributed by atoms with E-state index in [9.17, 15) is 0 Å². The standard InChI is InChI=1S/C24H36NO3P/c1-2-7-15-13(5-1)25-14-6-3-8-17-22(14)29-23-18(27-17)9-4-10-19(23)28-20-12-11-16(26-15)21(25)24(20)29/h13-24H,1-12H2. The summed E-state index contributed by atoms with van der Waals surface area (Å²) < 4.78 is 20.8. The first-order chi connectivity index (χ1) is 14.4. The van der Waals surface area contributed by atoms with Gasteiger partial charge in [0, 0.05) is 35.1 Å². The van der Waals surface area contributed by atoms with Crippen molar-refractivity contribution in [1.82, 2.24) is 4.90 Å². The van der Waals surface area contributed by atoms with E-state index >= 15 is 0 Å². The normalized spacial score (nSPS) is 62.7. The van der Waals surface area contributed by atoms with Gasteiger partial charge >= 0.3 is 0 Å². The van der Waals surface area contributed by atoms with E-state index in [0.717, 1.165) is 23.0 Å². The maximum Gasteiger partial charge on any atom is 0.0743 e. The number of fused-ring (bicyclic) bond motifs is 3. The van der Waals surface area contributed by atoms with E-state index in [1.54, 1.807) is 0 Å². The zero-order valence-electron chi connectivity index (χ0n) is 17.5. The summed E-state index contributed by atoms with van der Waals surface area (Å²) in [5.41, 5.74) is 2.36. The summed E-state index contributed by atoms with van der Waals surface area (Å²) in [6.45, 7) is 0. The SMILES string of the molecule is C1CCC2C(C1)OC1CCC3OC4CCCC5OC6CCCC7C6P(C54)C3C1N27. The maximum absolute atomic E-state index is 6.96. The van der Waals surface area contributed by atoms with E-state index < -0.39 is 0 Å². The lowest BCUT2D eigenvalue weighted by Crippen LogP contribution is -2.79. The molecule has 8 fully saturated rings. The van der Waals surface area contributed by atoms with Gasteiger partial charge in [0.15, 0.2) is 0 Å². The van der Waals surface area contributed by atoms with Crippen molar-refractivity contribution in [3.63, 3.8) is 0 Å². The fourth-order valence-electron chi connectivity index (χ4n) is 9.44. The minimum Gasteiger partial charge on any atom is -0.374 e. The van der Waals surface area contributed by atoms with Crippen LogP contribution in [0.4, 0.5) is 0 Å². The Morgan fingerprint density at radius 1 is 0.483 bits per heavy atom. The summed E-state index contributed by atoms with van der Waals surface area (Å²) in [4.78, 5) is 3.11. The fraction of sp³-hybridized carbons (Fsp3) is 1.00. The van der Waals surface area contributed by atoms with Gasteiger partial charge in [-0.3, -0.25) is 4.90 Å². The largest absolute Gasteiger partial charge is 0.374 e. The van der Waals surface area contributed by atoms with Gasteiger partial charge in [-0.05, 0) is 64.2 Å². The second kappa shape index (κ2) is 6.41. The first-order valence-corrected chi connectivity index (χ1v) is 14.4. The predicted octanol–water partition coefficient (Wildman–Crippen LogP) is 4.03. The van der Waals surface area contributed by atoms with E-state index in [1.165, 1.54) is 77.0 Å². The molecule has 0 bridgehead atoms. The Balaban J connectivity index is 1.28. The molecule has 5 heteroatoms. The van der Waals surface area contributed by atoms with Crippen LogP contribution in [0.2, 0.25) is 0 Å². The highest BCUT2D eigenvalue weighted by molar-refractivity contribution is 7.60. The molecule has 160 valence electrons. The van der Waals surface area contributed by atoms with Crippen LogP contribution >= 0.6 is 7.92 Å². The van der Waals surface area contributed by atoms with Crippen LogP contribution in [0.1, 0.15) is 77.0 Å². The molecular weight excluding hydrogens is 381 g/mol. The second-order valence-corrected chi connectivity index (χ2v) is 14.0. The third-order valence-corrected chi connectivity index (χ3v) is 14.3.